The van der Waals surface area contributed by atoms with Gasteiger partial charge in [-0.05, 0) is 59.9 Å². The van der Waals surface area contributed by atoms with Crippen molar-refractivity contribution in [2.24, 2.45) is 10.9 Å². The lowest BCUT2D eigenvalue weighted by Crippen LogP contribution is -2.54. The zero-order valence-corrected chi connectivity index (χ0v) is 22.3. The molecule has 0 saturated carbocycles. The number of ether oxygens (including phenoxy) is 1. The molecule has 4 amide bonds. The first-order valence-corrected chi connectivity index (χ1v) is 13.2. The number of hydrogen-bond acceptors (Lipinski definition) is 5. The van der Waals surface area contributed by atoms with E-state index in [1.807, 2.05) is 42.6 Å². The molecule has 3 aliphatic heterocycles. The Morgan fingerprint density at radius 3 is 2.62 bits per heavy atom. The number of aliphatic imine (C=N–C) groups is 1. The van der Waals surface area contributed by atoms with Gasteiger partial charge in [0.1, 0.15) is 5.75 Å². The van der Waals surface area contributed by atoms with Crippen LogP contribution < -0.4 is 15.4 Å². The predicted octanol–water partition coefficient (Wildman–Crippen LogP) is 3.22. The predicted molar refractivity (Wildman–Crippen MR) is 149 cm³/mol. The van der Waals surface area contributed by atoms with Gasteiger partial charge in [-0.25, -0.2) is 4.79 Å². The molecule has 0 spiro atoms. The number of carbonyl (C=O) groups excluding carboxylic acids is 3. The van der Waals surface area contributed by atoms with Crippen LogP contribution in [0.25, 0.3) is 0 Å². The van der Waals surface area contributed by atoms with Gasteiger partial charge in [0.25, 0.3) is 11.8 Å². The number of aromatic amines is 1. The van der Waals surface area contributed by atoms with Crippen molar-refractivity contribution in [2.75, 3.05) is 20.2 Å². The van der Waals surface area contributed by atoms with E-state index in [0.29, 0.717) is 29.3 Å². The fraction of sp³-hybridized carbons (Fsp3) is 0.290. The van der Waals surface area contributed by atoms with Gasteiger partial charge in [0.15, 0.2) is 0 Å². The third-order valence-electron chi connectivity index (χ3n) is 7.66. The number of imide groups is 1. The fourth-order valence-electron chi connectivity index (χ4n) is 5.59. The van der Waals surface area contributed by atoms with Crippen molar-refractivity contribution in [2.45, 2.75) is 31.3 Å². The molecule has 3 atom stereocenters. The van der Waals surface area contributed by atoms with Crippen LogP contribution >= 0.6 is 0 Å². The zero-order chi connectivity index (χ0) is 27.9. The summed E-state index contributed by atoms with van der Waals surface area (Å²) in [5.41, 5.74) is 3.80. The first kappa shape index (κ1) is 25.4. The monoisotopic (exact) mass is 535 g/mol. The summed E-state index contributed by atoms with van der Waals surface area (Å²) in [4.78, 5) is 48.0. The van der Waals surface area contributed by atoms with E-state index in [-0.39, 0.29) is 18.4 Å². The van der Waals surface area contributed by atoms with E-state index in [2.05, 4.69) is 40.4 Å². The van der Waals surface area contributed by atoms with Gasteiger partial charge < -0.3 is 19.9 Å². The molecule has 3 unspecified atom stereocenters. The van der Waals surface area contributed by atoms with E-state index in [0.717, 1.165) is 35.5 Å². The minimum atomic E-state index is -1.57. The van der Waals surface area contributed by atoms with Crippen molar-refractivity contribution in [3.63, 3.8) is 0 Å². The minimum absolute atomic E-state index is 0.0367. The Morgan fingerprint density at radius 2 is 1.98 bits per heavy atom. The zero-order valence-electron chi connectivity index (χ0n) is 22.3. The molecule has 202 valence electrons. The number of carbonyl (C=O) groups is 3. The van der Waals surface area contributed by atoms with Gasteiger partial charge in [-0.3, -0.25) is 19.9 Å². The summed E-state index contributed by atoms with van der Waals surface area (Å²) >= 11 is 0. The van der Waals surface area contributed by atoms with Crippen LogP contribution in [0, 0.1) is 17.8 Å². The number of amides is 4. The molecule has 1 aromatic heterocycles. The van der Waals surface area contributed by atoms with Crippen LogP contribution in [-0.4, -0.2) is 59.2 Å². The Balaban J connectivity index is 1.26. The lowest BCUT2D eigenvalue weighted by molar-refractivity contribution is -0.122. The van der Waals surface area contributed by atoms with E-state index in [1.165, 1.54) is 12.0 Å². The van der Waals surface area contributed by atoms with Crippen molar-refractivity contribution in [1.29, 1.82) is 0 Å². The maximum atomic E-state index is 13.2. The molecule has 3 N–H and O–H groups in total. The number of fused-ring (bicyclic) bond motifs is 1. The molecule has 9 heteroatoms. The van der Waals surface area contributed by atoms with Crippen LogP contribution in [-0.2, 0) is 11.3 Å². The van der Waals surface area contributed by atoms with Gasteiger partial charge in [-0.1, -0.05) is 37.0 Å². The highest BCUT2D eigenvalue weighted by Gasteiger charge is 2.48. The van der Waals surface area contributed by atoms with Crippen molar-refractivity contribution in [3.8, 4) is 17.6 Å². The van der Waals surface area contributed by atoms with Crippen LogP contribution in [0.2, 0.25) is 0 Å². The Bertz CT molecular complexity index is 1580. The highest BCUT2D eigenvalue weighted by atomic mass is 16.5. The fourth-order valence-corrected chi connectivity index (χ4v) is 5.59. The van der Waals surface area contributed by atoms with E-state index in [9.17, 15) is 14.4 Å². The van der Waals surface area contributed by atoms with Gasteiger partial charge in [-0.15, -0.1) is 0 Å². The van der Waals surface area contributed by atoms with Crippen LogP contribution in [0.15, 0.2) is 65.8 Å². The Morgan fingerprint density at radius 1 is 1.15 bits per heavy atom. The summed E-state index contributed by atoms with van der Waals surface area (Å²) in [6.45, 7) is 3.27. The van der Waals surface area contributed by atoms with Crippen molar-refractivity contribution in [1.82, 2.24) is 20.5 Å². The lowest BCUT2D eigenvalue weighted by Gasteiger charge is -2.26. The molecule has 0 aliphatic carbocycles. The average Bonchev–Trinajstić information content (AvgIpc) is 3.74. The molecule has 6 rings (SSSR count). The van der Waals surface area contributed by atoms with Gasteiger partial charge >= 0.3 is 6.03 Å². The van der Waals surface area contributed by atoms with E-state index >= 15 is 0 Å². The van der Waals surface area contributed by atoms with Crippen LogP contribution in [0.5, 0.6) is 5.75 Å². The molecular weight excluding hydrogens is 506 g/mol. The summed E-state index contributed by atoms with van der Waals surface area (Å²) in [5.74, 6) is 6.36. The molecule has 9 nitrogen and oxygen atoms in total. The average molecular weight is 536 g/mol. The molecule has 3 aromatic rings. The van der Waals surface area contributed by atoms with Gasteiger partial charge in [0.2, 0.25) is 5.54 Å². The molecule has 3 aliphatic rings. The van der Waals surface area contributed by atoms with Crippen molar-refractivity contribution < 1.29 is 19.1 Å². The molecule has 1 fully saturated rings. The summed E-state index contributed by atoms with van der Waals surface area (Å²) in [6, 6.07) is 16.6. The van der Waals surface area contributed by atoms with Crippen molar-refractivity contribution >= 4 is 23.6 Å². The minimum Gasteiger partial charge on any atom is -0.497 e. The van der Waals surface area contributed by atoms with Gasteiger partial charge in [0, 0.05) is 41.8 Å². The largest absolute Gasteiger partial charge is 0.497 e. The highest BCUT2D eigenvalue weighted by molar-refractivity contribution is 6.10. The SMILES string of the molecule is COc1ccc2c(c1)C(=O)N(CC1(C#Cc3ccc(C(C4=NCC(C)C4)c4ccc[nH]4)cc3)NC(=O)NC1=O)C2. The lowest BCUT2D eigenvalue weighted by atomic mass is 9.87. The van der Waals surface area contributed by atoms with Crippen LogP contribution in [0.3, 0.4) is 0 Å². The molecule has 40 heavy (non-hydrogen) atoms. The quantitative estimate of drug-likeness (QED) is 0.332. The molecule has 1 saturated heterocycles. The summed E-state index contributed by atoms with van der Waals surface area (Å²) in [7, 11) is 1.54. The topological polar surface area (TPSA) is 116 Å². The number of nitrogens with zero attached hydrogens (tertiary/aromatic N) is 2. The number of H-pyrrole nitrogens is 1. The normalized spacial score (nSPS) is 22.2. The summed E-state index contributed by atoms with van der Waals surface area (Å²) < 4.78 is 5.25. The summed E-state index contributed by atoms with van der Waals surface area (Å²) in [5, 5.41) is 4.94. The van der Waals surface area contributed by atoms with E-state index in [4.69, 9.17) is 9.73 Å². The second kappa shape index (κ2) is 10.0. The number of aromatic nitrogens is 1. The van der Waals surface area contributed by atoms with Crippen molar-refractivity contribution in [3.05, 3.63) is 88.7 Å². The number of benzene rings is 2. The number of rotatable bonds is 6. The second-order valence-corrected chi connectivity index (χ2v) is 10.6. The van der Waals surface area contributed by atoms with Gasteiger partial charge in [-0.2, -0.15) is 0 Å². The molecule has 2 aromatic carbocycles. The molecule has 4 heterocycles. The van der Waals surface area contributed by atoms with E-state index < -0.39 is 17.5 Å². The second-order valence-electron chi connectivity index (χ2n) is 10.6. The number of nitrogens with one attached hydrogen (secondary N) is 3. The molecule has 0 radical (unpaired) electrons. The molecule has 0 bridgehead atoms. The Labute approximate surface area is 232 Å². The molecular formula is C31H29N5O4. The highest BCUT2D eigenvalue weighted by Crippen LogP contribution is 2.32. The number of urea groups is 1. The third-order valence-corrected chi connectivity index (χ3v) is 7.66. The first-order chi connectivity index (χ1) is 19.3. The number of methoxy groups -OCH3 is 1. The first-order valence-electron chi connectivity index (χ1n) is 13.2. The smallest absolute Gasteiger partial charge is 0.323 e. The summed E-state index contributed by atoms with van der Waals surface area (Å²) in [6.07, 6.45) is 2.87. The Kier molecular flexibility index (Phi) is 6.39. The number of hydrogen-bond donors (Lipinski definition) is 3. The van der Waals surface area contributed by atoms with Crippen LogP contribution in [0.4, 0.5) is 4.79 Å². The van der Waals surface area contributed by atoms with E-state index in [1.54, 1.807) is 12.1 Å². The Hall–Kier alpha value is -4.84. The maximum absolute atomic E-state index is 13.2. The third kappa shape index (κ3) is 4.62. The van der Waals surface area contributed by atoms with Crippen LogP contribution in [0.1, 0.15) is 52.0 Å². The van der Waals surface area contributed by atoms with Gasteiger partial charge in [0.05, 0.1) is 19.6 Å². The maximum Gasteiger partial charge on any atom is 0.323 e. The standard InChI is InChI=1S/C31H29N5O4/c1-19-14-26(33-16-19)27(25-4-3-13-32-25)21-7-5-20(6-8-21)11-12-31(29(38)34-30(39)35-31)18-36-17-22-9-10-23(40-2)15-24(22)28(36)37/h3-10,13,15,19,27,32H,14,16-18H2,1-2H3,(H2,34,35,38,39).